The van der Waals surface area contributed by atoms with Gasteiger partial charge in [-0.2, -0.15) is 0 Å². The van der Waals surface area contributed by atoms with Crippen LogP contribution < -0.4 is 15.8 Å². The summed E-state index contributed by atoms with van der Waals surface area (Å²) < 4.78 is 0.621. The van der Waals surface area contributed by atoms with Crippen molar-refractivity contribution in [3.63, 3.8) is 0 Å². The average Bonchev–Trinajstić information content (AvgIpc) is 3.30. The molecule has 0 aliphatic carbocycles. The molecule has 1 aliphatic heterocycles. The first-order valence-corrected chi connectivity index (χ1v) is 12.7. The SMILES string of the molecule is O=C(NCCc1ccc(Cl)cc1)[C@@H]1CCCN(c2nc3c(-c4ccccc4)csc3c(=O)[nH]2)C1. The van der Waals surface area contributed by atoms with Crippen molar-refractivity contribution in [2.75, 3.05) is 24.5 Å². The normalized spacial score (nSPS) is 16.0. The molecular weight excluding hydrogens is 468 g/mol. The number of rotatable bonds is 6. The number of aromatic amines is 1. The highest BCUT2D eigenvalue weighted by Gasteiger charge is 2.27. The molecule has 6 nitrogen and oxygen atoms in total. The minimum Gasteiger partial charge on any atom is -0.355 e. The van der Waals surface area contributed by atoms with E-state index in [-0.39, 0.29) is 17.4 Å². The van der Waals surface area contributed by atoms with Gasteiger partial charge in [-0.15, -0.1) is 11.3 Å². The molecule has 0 bridgehead atoms. The Kier molecular flexibility index (Phi) is 6.65. The number of aromatic nitrogens is 2. The van der Waals surface area contributed by atoms with Crippen LogP contribution in [-0.2, 0) is 11.2 Å². The standard InChI is InChI=1S/C26H25ClN4O2S/c27-20-10-8-17(9-11-20)12-13-28-24(32)19-7-4-14-31(15-19)26-29-22-21(18-5-2-1-3-6-18)16-34-23(22)25(33)30-26/h1-3,5-6,8-11,16,19H,4,7,12-15H2,(H,28,32)(H,29,30,33)/t19-/m1/s1. The van der Waals surface area contributed by atoms with E-state index in [0.717, 1.165) is 42.5 Å². The summed E-state index contributed by atoms with van der Waals surface area (Å²) in [6.07, 6.45) is 2.45. The predicted molar refractivity (Wildman–Crippen MR) is 139 cm³/mol. The van der Waals surface area contributed by atoms with Crippen LogP contribution in [-0.4, -0.2) is 35.5 Å². The molecule has 1 saturated heterocycles. The first-order valence-electron chi connectivity index (χ1n) is 11.4. The largest absolute Gasteiger partial charge is 0.355 e. The molecule has 5 rings (SSSR count). The van der Waals surface area contributed by atoms with Crippen molar-refractivity contribution in [3.8, 4) is 11.1 Å². The van der Waals surface area contributed by atoms with Crippen molar-refractivity contribution < 1.29 is 4.79 Å². The topological polar surface area (TPSA) is 78.1 Å². The quantitative estimate of drug-likeness (QED) is 0.402. The molecule has 8 heteroatoms. The Labute approximate surface area is 206 Å². The van der Waals surface area contributed by atoms with E-state index in [4.69, 9.17) is 16.6 Å². The smallest absolute Gasteiger partial charge is 0.270 e. The van der Waals surface area contributed by atoms with Crippen LogP contribution in [0, 0.1) is 5.92 Å². The minimum absolute atomic E-state index is 0.0441. The lowest BCUT2D eigenvalue weighted by molar-refractivity contribution is -0.125. The van der Waals surface area contributed by atoms with E-state index < -0.39 is 0 Å². The third-order valence-electron chi connectivity index (χ3n) is 6.22. The third kappa shape index (κ3) is 4.86. The van der Waals surface area contributed by atoms with Gasteiger partial charge in [-0.1, -0.05) is 54.1 Å². The highest BCUT2D eigenvalue weighted by atomic mass is 35.5. The number of fused-ring (bicyclic) bond motifs is 1. The number of nitrogens with one attached hydrogen (secondary N) is 2. The first-order chi connectivity index (χ1) is 16.6. The van der Waals surface area contributed by atoms with Crippen LogP contribution >= 0.6 is 22.9 Å². The number of hydrogen-bond donors (Lipinski definition) is 2. The van der Waals surface area contributed by atoms with Crippen molar-refractivity contribution >= 4 is 45.0 Å². The molecule has 0 radical (unpaired) electrons. The summed E-state index contributed by atoms with van der Waals surface area (Å²) in [5, 5.41) is 5.76. The van der Waals surface area contributed by atoms with Gasteiger partial charge in [0.2, 0.25) is 11.9 Å². The second-order valence-corrected chi connectivity index (χ2v) is 9.85. The van der Waals surface area contributed by atoms with Crippen LogP contribution in [0.25, 0.3) is 21.3 Å². The minimum atomic E-state index is -0.143. The van der Waals surface area contributed by atoms with Gasteiger partial charge in [0.05, 0.1) is 11.4 Å². The Balaban J connectivity index is 1.29. The van der Waals surface area contributed by atoms with Gasteiger partial charge in [0.25, 0.3) is 5.56 Å². The molecule has 0 saturated carbocycles. The molecule has 174 valence electrons. The number of hydrogen-bond acceptors (Lipinski definition) is 5. The lowest BCUT2D eigenvalue weighted by Crippen LogP contribution is -2.44. The molecule has 34 heavy (non-hydrogen) atoms. The van der Waals surface area contributed by atoms with Gasteiger partial charge in [-0.3, -0.25) is 14.6 Å². The Bertz CT molecular complexity index is 1350. The molecule has 1 atom stereocenters. The van der Waals surface area contributed by atoms with Crippen LogP contribution in [0.15, 0.2) is 64.8 Å². The van der Waals surface area contributed by atoms with Gasteiger partial charge in [0.15, 0.2) is 0 Å². The van der Waals surface area contributed by atoms with Crippen LogP contribution in [0.1, 0.15) is 18.4 Å². The number of halogens is 1. The Morgan fingerprint density at radius 3 is 2.76 bits per heavy atom. The van der Waals surface area contributed by atoms with Crippen LogP contribution in [0.5, 0.6) is 0 Å². The second kappa shape index (κ2) is 9.99. The van der Waals surface area contributed by atoms with E-state index in [1.54, 1.807) is 0 Å². The van der Waals surface area contributed by atoms with Crippen molar-refractivity contribution in [3.05, 3.63) is 80.9 Å². The summed E-state index contributed by atoms with van der Waals surface area (Å²) >= 11 is 7.34. The van der Waals surface area contributed by atoms with Gasteiger partial charge >= 0.3 is 0 Å². The molecule has 2 aromatic carbocycles. The molecule has 3 heterocycles. The lowest BCUT2D eigenvalue weighted by Gasteiger charge is -2.32. The Morgan fingerprint density at radius 1 is 1.18 bits per heavy atom. The molecular formula is C26H25ClN4O2S. The fourth-order valence-corrected chi connectivity index (χ4v) is 5.43. The summed E-state index contributed by atoms with van der Waals surface area (Å²) in [7, 11) is 0. The number of amides is 1. The van der Waals surface area contributed by atoms with E-state index in [9.17, 15) is 9.59 Å². The summed E-state index contributed by atoms with van der Waals surface area (Å²) in [5.74, 6) is 0.436. The Morgan fingerprint density at radius 2 is 1.97 bits per heavy atom. The molecule has 0 unspecified atom stereocenters. The molecule has 1 fully saturated rings. The van der Waals surface area contributed by atoms with Crippen LogP contribution in [0.3, 0.4) is 0 Å². The van der Waals surface area contributed by atoms with E-state index in [1.807, 2.05) is 64.9 Å². The maximum atomic E-state index is 12.8. The van der Waals surface area contributed by atoms with E-state index in [0.29, 0.717) is 34.3 Å². The number of anilines is 1. The summed E-state index contributed by atoms with van der Waals surface area (Å²) in [6, 6.07) is 17.6. The fraction of sp³-hybridized carbons (Fsp3) is 0.269. The molecule has 4 aromatic rings. The maximum absolute atomic E-state index is 12.8. The van der Waals surface area contributed by atoms with Crippen molar-refractivity contribution in [2.45, 2.75) is 19.3 Å². The van der Waals surface area contributed by atoms with Crippen LogP contribution in [0.2, 0.25) is 5.02 Å². The number of thiophene rings is 1. The maximum Gasteiger partial charge on any atom is 0.270 e. The van der Waals surface area contributed by atoms with Gasteiger partial charge in [-0.05, 0) is 42.5 Å². The van der Waals surface area contributed by atoms with Crippen molar-refractivity contribution in [1.29, 1.82) is 0 Å². The number of H-pyrrole nitrogens is 1. The monoisotopic (exact) mass is 492 g/mol. The van der Waals surface area contributed by atoms with Gasteiger partial charge in [0, 0.05) is 35.6 Å². The average molecular weight is 493 g/mol. The zero-order chi connectivity index (χ0) is 23.5. The van der Waals surface area contributed by atoms with Crippen molar-refractivity contribution in [2.24, 2.45) is 5.92 Å². The number of carbonyl (C=O) groups is 1. The first kappa shape index (κ1) is 22.6. The summed E-state index contributed by atoms with van der Waals surface area (Å²) in [5.41, 5.74) is 3.71. The number of nitrogens with zero attached hydrogens (tertiary/aromatic N) is 2. The van der Waals surface area contributed by atoms with Crippen molar-refractivity contribution in [1.82, 2.24) is 15.3 Å². The lowest BCUT2D eigenvalue weighted by atomic mass is 9.97. The van der Waals surface area contributed by atoms with E-state index in [2.05, 4.69) is 10.3 Å². The zero-order valence-electron chi connectivity index (χ0n) is 18.6. The highest BCUT2D eigenvalue weighted by Crippen LogP contribution is 2.32. The van der Waals surface area contributed by atoms with Gasteiger partial charge in [-0.25, -0.2) is 4.98 Å². The van der Waals surface area contributed by atoms with Crippen LogP contribution in [0.4, 0.5) is 5.95 Å². The third-order valence-corrected chi connectivity index (χ3v) is 7.44. The predicted octanol–water partition coefficient (Wildman–Crippen LogP) is 4.88. The summed E-state index contributed by atoms with van der Waals surface area (Å²) in [6.45, 7) is 1.87. The van der Waals surface area contributed by atoms with E-state index >= 15 is 0 Å². The summed E-state index contributed by atoms with van der Waals surface area (Å²) in [4.78, 5) is 35.5. The fourth-order valence-electron chi connectivity index (χ4n) is 4.40. The Hall–Kier alpha value is -3.16. The number of benzene rings is 2. The van der Waals surface area contributed by atoms with E-state index in [1.165, 1.54) is 11.3 Å². The molecule has 1 aliphatic rings. The number of piperidine rings is 1. The molecule has 2 N–H and O–H groups in total. The molecule has 0 spiro atoms. The molecule has 2 aromatic heterocycles. The second-order valence-electron chi connectivity index (χ2n) is 8.54. The number of carbonyl (C=O) groups excluding carboxylic acids is 1. The van der Waals surface area contributed by atoms with Gasteiger partial charge in [0.1, 0.15) is 4.70 Å². The zero-order valence-corrected chi connectivity index (χ0v) is 20.2. The van der Waals surface area contributed by atoms with Gasteiger partial charge < -0.3 is 10.2 Å². The molecule has 1 amide bonds. The highest BCUT2D eigenvalue weighted by molar-refractivity contribution is 7.17.